The number of ether oxygens (including phenoxy) is 1. The first-order valence-electron chi connectivity index (χ1n) is 12.4. The van der Waals surface area contributed by atoms with Crippen molar-refractivity contribution in [2.24, 2.45) is 5.10 Å². The van der Waals surface area contributed by atoms with Crippen LogP contribution in [0.25, 0.3) is 16.8 Å². The molecule has 39 heavy (non-hydrogen) atoms. The summed E-state index contributed by atoms with van der Waals surface area (Å²) < 4.78 is 6.09. The smallest absolute Gasteiger partial charge is 0.281 e. The third kappa shape index (κ3) is 5.05. The van der Waals surface area contributed by atoms with Gasteiger partial charge in [0.25, 0.3) is 5.91 Å². The number of carbonyl (C=O) groups excluding carboxylic acids is 1. The molecule has 190 valence electrons. The van der Waals surface area contributed by atoms with Gasteiger partial charge in [-0.05, 0) is 52.2 Å². The van der Waals surface area contributed by atoms with E-state index >= 15 is 0 Å². The highest BCUT2D eigenvalue weighted by Gasteiger charge is 2.32. The Morgan fingerprint density at radius 2 is 1.41 bits per heavy atom. The minimum Gasteiger partial charge on any atom is -0.486 e. The molecule has 0 aromatic heterocycles. The average molecular weight is 549 g/mol. The summed E-state index contributed by atoms with van der Waals surface area (Å²) in [7, 11) is 0. The van der Waals surface area contributed by atoms with Crippen molar-refractivity contribution in [1.82, 2.24) is 0 Å². The summed E-state index contributed by atoms with van der Waals surface area (Å²) >= 11 is 13.3. The van der Waals surface area contributed by atoms with Crippen molar-refractivity contribution in [3.63, 3.8) is 0 Å². The van der Waals surface area contributed by atoms with Gasteiger partial charge in [0, 0.05) is 5.56 Å². The van der Waals surface area contributed by atoms with E-state index in [4.69, 9.17) is 27.9 Å². The molecule has 1 aliphatic rings. The number of hydrazone groups is 1. The van der Waals surface area contributed by atoms with Gasteiger partial charge >= 0.3 is 0 Å². The number of carbonyl (C=O) groups is 1. The average Bonchev–Trinajstić information content (AvgIpc) is 3.29. The van der Waals surface area contributed by atoms with Crippen LogP contribution >= 0.6 is 23.2 Å². The van der Waals surface area contributed by atoms with E-state index in [0.717, 1.165) is 21.9 Å². The van der Waals surface area contributed by atoms with Crippen molar-refractivity contribution >= 4 is 57.4 Å². The maximum atomic E-state index is 13.5. The number of para-hydroxylation sites is 1. The maximum absolute atomic E-state index is 13.5. The Balaban J connectivity index is 1.32. The molecule has 0 spiro atoms. The lowest BCUT2D eigenvalue weighted by molar-refractivity contribution is -0.114. The lowest BCUT2D eigenvalue weighted by atomic mass is 10.00. The zero-order chi connectivity index (χ0) is 26.8. The fourth-order valence-corrected chi connectivity index (χ4v) is 5.25. The number of hydrogen-bond acceptors (Lipinski definition) is 3. The summed E-state index contributed by atoms with van der Waals surface area (Å²) in [6, 6.07) is 36.7. The van der Waals surface area contributed by atoms with Gasteiger partial charge < -0.3 is 4.74 Å². The SMILES string of the molecule is O=C1/C(=C\c2cc(Cl)c(OCc3cccc4ccccc34)c(Cl)c2)C(c2ccccc2)=NN1c1ccccc1. The molecule has 5 aromatic rings. The highest BCUT2D eigenvalue weighted by Crippen LogP contribution is 2.37. The van der Waals surface area contributed by atoms with Crippen LogP contribution in [0.15, 0.2) is 126 Å². The molecule has 5 aromatic carbocycles. The molecule has 0 saturated carbocycles. The lowest BCUT2D eigenvalue weighted by Crippen LogP contribution is -2.21. The van der Waals surface area contributed by atoms with E-state index in [1.54, 1.807) is 18.2 Å². The Labute approximate surface area is 236 Å². The quantitative estimate of drug-likeness (QED) is 0.199. The molecule has 0 bridgehead atoms. The van der Waals surface area contributed by atoms with Gasteiger partial charge in [-0.2, -0.15) is 10.1 Å². The number of fused-ring (bicyclic) bond motifs is 1. The Hall–Kier alpha value is -4.38. The van der Waals surface area contributed by atoms with E-state index in [0.29, 0.717) is 44.9 Å². The number of halogens is 2. The summed E-state index contributed by atoms with van der Waals surface area (Å²) in [5, 5.41) is 9.07. The van der Waals surface area contributed by atoms with Gasteiger partial charge in [0.1, 0.15) is 12.3 Å². The number of anilines is 1. The molecule has 0 radical (unpaired) electrons. The molecular formula is C33H22Cl2N2O2. The second kappa shape index (κ2) is 10.8. The molecule has 1 aliphatic heterocycles. The molecule has 1 heterocycles. The van der Waals surface area contributed by atoms with E-state index < -0.39 is 0 Å². The molecule has 0 aliphatic carbocycles. The minimum absolute atomic E-state index is 0.233. The van der Waals surface area contributed by atoms with Gasteiger partial charge in [-0.1, -0.05) is 114 Å². The molecule has 1 amide bonds. The highest BCUT2D eigenvalue weighted by atomic mass is 35.5. The van der Waals surface area contributed by atoms with E-state index in [1.165, 1.54) is 5.01 Å². The predicted octanol–water partition coefficient (Wildman–Crippen LogP) is 8.56. The summed E-state index contributed by atoms with van der Waals surface area (Å²) in [6.07, 6.45) is 1.77. The topological polar surface area (TPSA) is 41.9 Å². The fourth-order valence-electron chi connectivity index (χ4n) is 4.63. The monoisotopic (exact) mass is 548 g/mol. The van der Waals surface area contributed by atoms with E-state index in [1.807, 2.05) is 84.9 Å². The van der Waals surface area contributed by atoms with Crippen LogP contribution < -0.4 is 9.75 Å². The second-order valence-electron chi connectivity index (χ2n) is 9.07. The molecule has 0 atom stereocenters. The van der Waals surface area contributed by atoms with Crippen LogP contribution in [0, 0.1) is 0 Å². The lowest BCUT2D eigenvalue weighted by Gasteiger charge is -2.13. The van der Waals surface area contributed by atoms with Gasteiger partial charge in [0.15, 0.2) is 5.75 Å². The number of amides is 1. The molecule has 4 nitrogen and oxygen atoms in total. The number of nitrogens with zero attached hydrogens (tertiary/aromatic N) is 2. The normalized spacial score (nSPS) is 14.2. The van der Waals surface area contributed by atoms with E-state index in [-0.39, 0.29) is 5.91 Å². The number of hydrogen-bond donors (Lipinski definition) is 0. The van der Waals surface area contributed by atoms with Gasteiger partial charge in [-0.15, -0.1) is 0 Å². The standard InChI is InChI=1S/C33H22Cl2N2O2/c34-29-19-22(20-30(35)32(29)39-21-25-14-9-13-23-10-7-8-17-27(23)25)18-28-31(24-11-3-1-4-12-24)36-37(33(28)38)26-15-5-2-6-16-26/h1-20H,21H2/b28-18-. The van der Waals surface area contributed by atoms with Gasteiger partial charge in [-0.3, -0.25) is 4.79 Å². The van der Waals surface area contributed by atoms with Crippen LogP contribution in [0.5, 0.6) is 5.75 Å². The van der Waals surface area contributed by atoms with Crippen LogP contribution in [0.3, 0.4) is 0 Å². The zero-order valence-electron chi connectivity index (χ0n) is 20.7. The van der Waals surface area contributed by atoms with Crippen LogP contribution in [0.2, 0.25) is 10.0 Å². The molecule has 6 rings (SSSR count). The third-order valence-corrected chi connectivity index (χ3v) is 7.07. The maximum Gasteiger partial charge on any atom is 0.281 e. The van der Waals surface area contributed by atoms with Crippen molar-refractivity contribution < 1.29 is 9.53 Å². The molecule has 0 saturated heterocycles. The van der Waals surface area contributed by atoms with Crippen molar-refractivity contribution in [1.29, 1.82) is 0 Å². The molecular weight excluding hydrogens is 527 g/mol. The number of rotatable bonds is 6. The fraction of sp³-hybridized carbons (Fsp3) is 0.0303. The molecule has 0 unspecified atom stereocenters. The summed E-state index contributed by atoms with van der Waals surface area (Å²) in [5.41, 5.74) is 4.25. The van der Waals surface area contributed by atoms with Crippen molar-refractivity contribution in [2.45, 2.75) is 6.61 Å². The predicted molar refractivity (Wildman–Crippen MR) is 160 cm³/mol. The van der Waals surface area contributed by atoms with Crippen molar-refractivity contribution in [3.05, 3.63) is 148 Å². The summed E-state index contributed by atoms with van der Waals surface area (Å²) in [6.45, 7) is 0.316. The molecule has 0 N–H and O–H groups in total. The Kier molecular flexibility index (Phi) is 6.89. The Morgan fingerprint density at radius 1 is 0.769 bits per heavy atom. The van der Waals surface area contributed by atoms with E-state index in [9.17, 15) is 4.79 Å². The van der Waals surface area contributed by atoms with Crippen LogP contribution in [0.1, 0.15) is 16.7 Å². The van der Waals surface area contributed by atoms with Crippen LogP contribution in [-0.4, -0.2) is 11.6 Å². The van der Waals surface area contributed by atoms with Crippen LogP contribution in [0.4, 0.5) is 5.69 Å². The third-order valence-electron chi connectivity index (χ3n) is 6.51. The minimum atomic E-state index is -0.233. The number of benzene rings is 5. The first-order valence-corrected chi connectivity index (χ1v) is 13.2. The molecule has 6 heteroatoms. The largest absolute Gasteiger partial charge is 0.486 e. The first kappa shape index (κ1) is 24.9. The molecule has 0 fully saturated rings. The summed E-state index contributed by atoms with van der Waals surface area (Å²) in [4.78, 5) is 13.5. The van der Waals surface area contributed by atoms with Gasteiger partial charge in [-0.25, -0.2) is 0 Å². The Bertz CT molecular complexity index is 1720. The second-order valence-corrected chi connectivity index (χ2v) is 9.88. The van der Waals surface area contributed by atoms with Gasteiger partial charge in [0.2, 0.25) is 0 Å². The van der Waals surface area contributed by atoms with Crippen LogP contribution in [-0.2, 0) is 11.4 Å². The first-order chi connectivity index (χ1) is 19.1. The highest BCUT2D eigenvalue weighted by molar-refractivity contribution is 6.39. The Morgan fingerprint density at radius 3 is 2.15 bits per heavy atom. The summed E-state index contributed by atoms with van der Waals surface area (Å²) in [5.74, 6) is 0.164. The van der Waals surface area contributed by atoms with Crippen molar-refractivity contribution in [3.8, 4) is 5.75 Å². The van der Waals surface area contributed by atoms with E-state index in [2.05, 4.69) is 23.3 Å². The van der Waals surface area contributed by atoms with Gasteiger partial charge in [0.05, 0.1) is 21.3 Å². The zero-order valence-corrected chi connectivity index (χ0v) is 22.2. The van der Waals surface area contributed by atoms with Crippen molar-refractivity contribution in [2.75, 3.05) is 5.01 Å².